The molecule has 9 nitrogen and oxygen atoms in total. The Morgan fingerprint density at radius 1 is 1.33 bits per heavy atom. The van der Waals surface area contributed by atoms with Gasteiger partial charge >= 0.3 is 5.97 Å². The number of carbonyl (C=O) groups is 1. The molecule has 1 aliphatic rings. The van der Waals surface area contributed by atoms with E-state index < -0.39 is 5.97 Å². The van der Waals surface area contributed by atoms with Crippen molar-refractivity contribution in [3.05, 3.63) is 10.4 Å². The Morgan fingerprint density at radius 2 is 2.04 bits per heavy atom. The molecule has 10 heteroatoms. The number of fused-ring (bicyclic) bond motifs is 1. The van der Waals surface area contributed by atoms with Gasteiger partial charge < -0.3 is 19.9 Å². The van der Waals surface area contributed by atoms with Gasteiger partial charge in [-0.3, -0.25) is 14.2 Å². The van der Waals surface area contributed by atoms with Crippen LogP contribution in [0.5, 0.6) is 0 Å². The summed E-state index contributed by atoms with van der Waals surface area (Å²) < 4.78 is 3.28. The molecule has 1 saturated heterocycles. The lowest BCUT2D eigenvalue weighted by Crippen LogP contribution is -2.44. The summed E-state index contributed by atoms with van der Waals surface area (Å²) in [5.74, 6) is -0.348. The van der Waals surface area contributed by atoms with Crippen molar-refractivity contribution in [2.24, 2.45) is 7.05 Å². The van der Waals surface area contributed by atoms with Crippen molar-refractivity contribution in [3.63, 3.8) is 0 Å². The van der Waals surface area contributed by atoms with Crippen molar-refractivity contribution < 1.29 is 9.90 Å². The molecule has 0 spiro atoms. The Bertz CT molecular complexity index is 824. The van der Waals surface area contributed by atoms with Crippen molar-refractivity contribution in [3.8, 4) is 0 Å². The van der Waals surface area contributed by atoms with Gasteiger partial charge in [0.2, 0.25) is 5.95 Å². The number of nitrogens with one attached hydrogen (secondary N) is 1. The van der Waals surface area contributed by atoms with Crippen LogP contribution in [-0.4, -0.2) is 62.1 Å². The molecule has 0 atom stereocenters. The van der Waals surface area contributed by atoms with E-state index in [9.17, 15) is 9.59 Å². The summed E-state index contributed by atoms with van der Waals surface area (Å²) in [4.78, 5) is 34.7. The number of hydrogen-bond acceptors (Lipinski definition) is 7. The number of carboxylic acids is 1. The predicted molar refractivity (Wildman–Crippen MR) is 91.9 cm³/mol. The summed E-state index contributed by atoms with van der Waals surface area (Å²) in [5.41, 5.74) is 0.637. The number of thioether (sulfide) groups is 1. The Kier molecular flexibility index (Phi) is 4.76. The Labute approximate surface area is 142 Å². The zero-order valence-electron chi connectivity index (χ0n) is 13.7. The number of aryl methyl sites for hydroxylation is 1. The minimum Gasteiger partial charge on any atom is -0.481 e. The molecule has 3 rings (SSSR count). The average molecular weight is 352 g/mol. The maximum Gasteiger partial charge on any atom is 0.313 e. The van der Waals surface area contributed by atoms with E-state index in [0.717, 1.165) is 43.9 Å². The first-order valence-electron chi connectivity index (χ1n) is 7.80. The zero-order valence-corrected chi connectivity index (χ0v) is 14.5. The van der Waals surface area contributed by atoms with Gasteiger partial charge in [0.25, 0.3) is 5.56 Å². The molecule has 130 valence electrons. The highest BCUT2D eigenvalue weighted by Crippen LogP contribution is 2.22. The van der Waals surface area contributed by atoms with Gasteiger partial charge in [0.1, 0.15) is 0 Å². The van der Waals surface area contributed by atoms with Crippen LogP contribution in [-0.2, 0) is 18.4 Å². The molecule has 0 amide bonds. The fraction of sp³-hybridized carbons (Fsp3) is 0.571. The number of piperazine rings is 1. The van der Waals surface area contributed by atoms with Gasteiger partial charge in [-0.1, -0.05) is 11.8 Å². The van der Waals surface area contributed by atoms with Gasteiger partial charge in [-0.2, -0.15) is 4.98 Å². The van der Waals surface area contributed by atoms with Gasteiger partial charge in [0, 0.05) is 39.8 Å². The average Bonchev–Trinajstić information content (AvgIpc) is 2.96. The second kappa shape index (κ2) is 6.81. The van der Waals surface area contributed by atoms with Crippen LogP contribution in [0.3, 0.4) is 0 Å². The first kappa shape index (κ1) is 16.8. The van der Waals surface area contributed by atoms with Crippen LogP contribution in [0.25, 0.3) is 11.2 Å². The minimum atomic E-state index is -0.949. The number of aromatic nitrogens is 4. The Morgan fingerprint density at radius 3 is 2.67 bits per heavy atom. The van der Waals surface area contributed by atoms with Crippen molar-refractivity contribution in [1.29, 1.82) is 0 Å². The SMILES string of the molecule is CCn1c(N2CCNCC2)nc2nc(SCC(=O)O)n(C)c(=O)c21. The number of aliphatic carboxylic acids is 1. The van der Waals surface area contributed by atoms with E-state index in [1.54, 1.807) is 7.05 Å². The van der Waals surface area contributed by atoms with Gasteiger partial charge in [-0.05, 0) is 6.92 Å². The lowest BCUT2D eigenvalue weighted by molar-refractivity contribution is -0.133. The highest BCUT2D eigenvalue weighted by Gasteiger charge is 2.22. The second-order valence-corrected chi connectivity index (χ2v) is 6.45. The molecule has 0 aliphatic carbocycles. The third-order valence-electron chi connectivity index (χ3n) is 3.97. The third-order valence-corrected chi connectivity index (χ3v) is 4.98. The van der Waals surface area contributed by atoms with E-state index in [-0.39, 0.29) is 11.3 Å². The third kappa shape index (κ3) is 2.98. The fourth-order valence-electron chi connectivity index (χ4n) is 2.79. The fourth-order valence-corrected chi connectivity index (χ4v) is 3.47. The molecule has 0 unspecified atom stereocenters. The quantitative estimate of drug-likeness (QED) is 0.560. The molecule has 2 aromatic heterocycles. The van der Waals surface area contributed by atoms with Crippen LogP contribution in [0.2, 0.25) is 0 Å². The topological polar surface area (TPSA) is 105 Å². The monoisotopic (exact) mass is 352 g/mol. The Balaban J connectivity index is 2.10. The normalized spacial score (nSPS) is 15.2. The van der Waals surface area contributed by atoms with Gasteiger partial charge in [0.05, 0.1) is 5.75 Å². The molecular formula is C14H20N6O3S. The summed E-state index contributed by atoms with van der Waals surface area (Å²) in [6, 6.07) is 0. The second-order valence-electron chi connectivity index (χ2n) is 5.51. The summed E-state index contributed by atoms with van der Waals surface area (Å²) in [6.45, 7) is 5.98. The first-order chi connectivity index (χ1) is 11.5. The molecule has 0 saturated carbocycles. The van der Waals surface area contributed by atoms with E-state index in [0.29, 0.717) is 22.9 Å². The zero-order chi connectivity index (χ0) is 17.3. The lowest BCUT2D eigenvalue weighted by Gasteiger charge is -2.28. The van der Waals surface area contributed by atoms with Crippen molar-refractivity contribution in [1.82, 2.24) is 24.4 Å². The van der Waals surface area contributed by atoms with E-state index in [1.807, 2.05) is 11.5 Å². The molecule has 0 radical (unpaired) electrons. The molecule has 0 bridgehead atoms. The van der Waals surface area contributed by atoms with Crippen molar-refractivity contribution >= 4 is 34.8 Å². The summed E-state index contributed by atoms with van der Waals surface area (Å²) in [6.07, 6.45) is 0. The molecule has 1 fully saturated rings. The highest BCUT2D eigenvalue weighted by atomic mass is 32.2. The van der Waals surface area contributed by atoms with Crippen LogP contribution in [0, 0.1) is 0 Å². The smallest absolute Gasteiger partial charge is 0.313 e. The number of rotatable bonds is 5. The number of hydrogen-bond donors (Lipinski definition) is 2. The first-order valence-corrected chi connectivity index (χ1v) is 8.79. The van der Waals surface area contributed by atoms with Crippen LogP contribution in [0.1, 0.15) is 6.92 Å². The van der Waals surface area contributed by atoms with E-state index in [1.165, 1.54) is 4.57 Å². The standard InChI is InChI=1S/C14H20N6O3S/c1-3-20-10-11(16-13(20)19-6-4-15-5-7-19)17-14(18(2)12(10)23)24-8-9(21)22/h15H,3-8H2,1-2H3,(H,21,22). The molecule has 2 aromatic rings. The van der Waals surface area contributed by atoms with E-state index in [2.05, 4.69) is 20.2 Å². The van der Waals surface area contributed by atoms with Crippen LogP contribution in [0.15, 0.2) is 9.95 Å². The maximum absolute atomic E-state index is 12.7. The number of carboxylic acid groups (broad SMARTS) is 1. The minimum absolute atomic E-state index is 0.148. The molecule has 0 aromatic carbocycles. The number of imidazole rings is 1. The molecular weight excluding hydrogens is 332 g/mol. The Hall–Kier alpha value is -2.07. The van der Waals surface area contributed by atoms with E-state index >= 15 is 0 Å². The van der Waals surface area contributed by atoms with Gasteiger partial charge in [-0.15, -0.1) is 0 Å². The number of nitrogens with zero attached hydrogens (tertiary/aromatic N) is 5. The molecule has 1 aliphatic heterocycles. The molecule has 3 heterocycles. The van der Waals surface area contributed by atoms with E-state index in [4.69, 9.17) is 5.11 Å². The molecule has 24 heavy (non-hydrogen) atoms. The maximum atomic E-state index is 12.7. The number of anilines is 1. The highest BCUT2D eigenvalue weighted by molar-refractivity contribution is 7.99. The van der Waals surface area contributed by atoms with Crippen LogP contribution in [0.4, 0.5) is 5.95 Å². The predicted octanol–water partition coefficient (Wildman–Crippen LogP) is -0.264. The lowest BCUT2D eigenvalue weighted by atomic mass is 10.4. The molecule has 2 N–H and O–H groups in total. The van der Waals surface area contributed by atoms with Crippen LogP contribution >= 0.6 is 11.8 Å². The largest absolute Gasteiger partial charge is 0.481 e. The van der Waals surface area contributed by atoms with Crippen molar-refractivity contribution in [2.75, 3.05) is 36.8 Å². The summed E-state index contributed by atoms with van der Waals surface area (Å²) in [7, 11) is 1.61. The van der Waals surface area contributed by atoms with Gasteiger partial charge in [0.15, 0.2) is 16.3 Å². The van der Waals surface area contributed by atoms with Gasteiger partial charge in [-0.25, -0.2) is 4.98 Å². The van der Waals surface area contributed by atoms with Crippen LogP contribution < -0.4 is 15.8 Å². The summed E-state index contributed by atoms with van der Waals surface area (Å²) >= 11 is 1.02. The van der Waals surface area contributed by atoms with Crippen molar-refractivity contribution in [2.45, 2.75) is 18.6 Å². The summed E-state index contributed by atoms with van der Waals surface area (Å²) in [5, 5.41) is 12.5.